The summed E-state index contributed by atoms with van der Waals surface area (Å²) in [6.07, 6.45) is 0. The highest BCUT2D eigenvalue weighted by atomic mass is 79.9. The maximum atomic E-state index is 10.9. The lowest BCUT2D eigenvalue weighted by Gasteiger charge is -1.83. The van der Waals surface area contributed by atoms with Gasteiger partial charge in [-0.25, -0.2) is 9.18 Å². The van der Waals surface area contributed by atoms with Gasteiger partial charge in [-0.2, -0.15) is 0 Å². The molecule has 0 spiro atoms. The molecule has 0 aromatic heterocycles. The number of carbonyl (C=O) groups is 1. The Morgan fingerprint density at radius 1 is 1.90 bits per heavy atom. The van der Waals surface area contributed by atoms with E-state index in [1.165, 1.54) is 14.0 Å². The van der Waals surface area contributed by atoms with Crippen LogP contribution in [0.15, 0.2) is 0 Å². The Balaban J connectivity index is 0. The topological polar surface area (TPSA) is 46.5 Å². The third-order valence-electron chi connectivity index (χ3n) is 0.268. The molecule has 1 unspecified atom stereocenters. The Morgan fingerprint density at radius 2 is 2.20 bits per heavy atom. The van der Waals surface area contributed by atoms with Crippen molar-refractivity contribution in [2.45, 2.75) is 12.0 Å². The molecule has 0 bridgehead atoms. The van der Waals surface area contributed by atoms with Gasteiger partial charge in [0.05, 0.1) is 0 Å². The van der Waals surface area contributed by atoms with Gasteiger partial charge in [0.1, 0.15) is 6.61 Å². The molecule has 3 nitrogen and oxygen atoms in total. The van der Waals surface area contributed by atoms with Crippen LogP contribution in [-0.4, -0.2) is 29.9 Å². The fourth-order valence-electron chi connectivity index (χ4n) is 0.123. The predicted octanol–water partition coefficient (Wildman–Crippen LogP) is 1.41. The maximum absolute atomic E-state index is 10.9. The largest absolute Gasteiger partial charge is 0.480 e. The first kappa shape index (κ1) is 12.5. The second kappa shape index (κ2) is 8.84. The number of hydrogen-bond donors (Lipinski definition) is 1. The molecule has 0 radical (unpaired) electrons. The summed E-state index contributed by atoms with van der Waals surface area (Å²) in [5.74, 6) is -0.933. The Kier molecular flexibility index (Phi) is 11.1. The lowest BCUT2D eigenvalue weighted by molar-refractivity contribution is -0.141. The van der Waals surface area contributed by atoms with Crippen molar-refractivity contribution in [3.8, 4) is 0 Å². The Hall–Kier alpha value is -0.160. The van der Waals surface area contributed by atoms with E-state index in [1.807, 2.05) is 0 Å². The van der Waals surface area contributed by atoms with Gasteiger partial charge >= 0.3 is 5.97 Å². The van der Waals surface area contributed by atoms with Crippen LogP contribution in [0.5, 0.6) is 0 Å². The molecule has 0 heterocycles. The van der Waals surface area contributed by atoms with E-state index in [0.29, 0.717) is 0 Å². The molecular weight excluding hydrogens is 207 g/mol. The molecule has 0 aromatic rings. The molecule has 0 rings (SSSR count). The van der Waals surface area contributed by atoms with E-state index in [0.717, 1.165) is 0 Å². The molecule has 0 fully saturated rings. The van der Waals surface area contributed by atoms with Crippen LogP contribution >= 0.6 is 15.9 Å². The molecule has 0 aromatic carbocycles. The van der Waals surface area contributed by atoms with Crippen LogP contribution in [0.25, 0.3) is 0 Å². The number of ether oxygens (including phenoxy) is 1. The number of hydrogen-bond acceptors (Lipinski definition) is 2. The molecule has 62 valence electrons. The van der Waals surface area contributed by atoms with Gasteiger partial charge in [-0.3, -0.25) is 0 Å². The van der Waals surface area contributed by atoms with Crippen LogP contribution in [0, 0.1) is 0 Å². The minimum Gasteiger partial charge on any atom is -0.480 e. The van der Waals surface area contributed by atoms with Gasteiger partial charge in [-0.15, -0.1) is 0 Å². The zero-order valence-electron chi connectivity index (χ0n) is 5.80. The van der Waals surface area contributed by atoms with Crippen molar-refractivity contribution in [3.63, 3.8) is 0 Å². The molecule has 10 heavy (non-hydrogen) atoms. The van der Waals surface area contributed by atoms with E-state index in [2.05, 4.69) is 20.7 Å². The molecule has 0 aliphatic carbocycles. The fraction of sp³-hybridized carbons (Fsp3) is 0.800. The minimum absolute atomic E-state index is 0.208. The third-order valence-corrected chi connectivity index (χ3v) is 0.268. The second-order valence-corrected chi connectivity index (χ2v) is 2.61. The zero-order chi connectivity index (χ0) is 8.57. The molecule has 0 aliphatic rings. The molecule has 5 heteroatoms. The molecule has 0 aliphatic heterocycles. The van der Waals surface area contributed by atoms with Crippen molar-refractivity contribution in [3.05, 3.63) is 0 Å². The average molecular weight is 217 g/mol. The van der Waals surface area contributed by atoms with Crippen LogP contribution in [0.4, 0.5) is 4.39 Å². The van der Waals surface area contributed by atoms with Crippen molar-refractivity contribution in [1.82, 2.24) is 0 Å². The molecule has 0 saturated heterocycles. The van der Waals surface area contributed by atoms with Crippen molar-refractivity contribution in [1.29, 1.82) is 0 Å². The van der Waals surface area contributed by atoms with Gasteiger partial charge in [0.2, 0.25) is 0 Å². The van der Waals surface area contributed by atoms with Crippen molar-refractivity contribution < 1.29 is 19.0 Å². The second-order valence-electron chi connectivity index (χ2n) is 1.35. The highest BCUT2D eigenvalue weighted by molar-refractivity contribution is 9.09. The Bertz CT molecular complexity index is 84.2. The Labute approximate surface area is 67.3 Å². The van der Waals surface area contributed by atoms with Crippen LogP contribution in [-0.2, 0) is 9.53 Å². The first-order valence-electron chi connectivity index (χ1n) is 2.49. The number of rotatable bonds is 2. The number of carboxylic acids is 1. The summed E-state index contributed by atoms with van der Waals surface area (Å²) in [5.41, 5.74) is 0. The summed E-state index contributed by atoms with van der Waals surface area (Å²) in [7, 11) is 1.34. The first-order valence-corrected chi connectivity index (χ1v) is 3.41. The van der Waals surface area contributed by atoms with Crippen LogP contribution in [0.3, 0.4) is 0 Å². The van der Waals surface area contributed by atoms with E-state index < -0.39 is 11.1 Å². The van der Waals surface area contributed by atoms with Crippen LogP contribution in [0.2, 0.25) is 0 Å². The van der Waals surface area contributed by atoms with E-state index in [4.69, 9.17) is 5.11 Å². The van der Waals surface area contributed by atoms with Crippen LogP contribution < -0.4 is 0 Å². The summed E-state index contributed by atoms with van der Waals surface area (Å²) >= 11 is 2.60. The molecule has 0 amide bonds. The summed E-state index contributed by atoms with van der Waals surface area (Å²) in [5, 5.41) is 6.93. The number of aliphatic carboxylic acids is 1. The lowest BCUT2D eigenvalue weighted by Crippen LogP contribution is -2.02. The standard InChI is InChI=1S/C3H6O3.C2H4BrF/c1-6-2-3(4)5;1-2(3)4/h2H2,1H3,(H,4,5);2H,1H3. The fourth-order valence-corrected chi connectivity index (χ4v) is 0.123. The van der Waals surface area contributed by atoms with Gasteiger partial charge < -0.3 is 9.84 Å². The van der Waals surface area contributed by atoms with E-state index >= 15 is 0 Å². The lowest BCUT2D eigenvalue weighted by atomic mass is 10.8. The third kappa shape index (κ3) is 45.5. The number of carboxylic acid groups (broad SMARTS) is 1. The molecular formula is C5H10BrFO3. The Morgan fingerprint density at radius 3 is 2.20 bits per heavy atom. The monoisotopic (exact) mass is 216 g/mol. The predicted molar refractivity (Wildman–Crippen MR) is 39.0 cm³/mol. The summed E-state index contributed by atoms with van der Waals surface area (Å²) in [6, 6.07) is 0. The van der Waals surface area contributed by atoms with Gasteiger partial charge in [-0.1, -0.05) is 15.9 Å². The average Bonchev–Trinajstić information content (AvgIpc) is 1.62. The summed E-state index contributed by atoms with van der Waals surface area (Å²) < 4.78 is 15.1. The smallest absolute Gasteiger partial charge is 0.329 e. The first-order chi connectivity index (χ1) is 4.50. The van der Waals surface area contributed by atoms with E-state index in [-0.39, 0.29) is 6.61 Å². The normalized spacial score (nSPS) is 11.2. The van der Waals surface area contributed by atoms with Gasteiger partial charge in [0.15, 0.2) is 5.08 Å². The highest BCUT2D eigenvalue weighted by Gasteiger charge is 1.87. The minimum atomic E-state index is -0.933. The number of alkyl halides is 2. The van der Waals surface area contributed by atoms with Crippen molar-refractivity contribution in [2.75, 3.05) is 13.7 Å². The van der Waals surface area contributed by atoms with Gasteiger partial charge in [-0.05, 0) is 6.92 Å². The van der Waals surface area contributed by atoms with Gasteiger partial charge in [0.25, 0.3) is 0 Å². The highest BCUT2D eigenvalue weighted by Crippen LogP contribution is 1.93. The number of methoxy groups -OCH3 is 1. The molecule has 1 N–H and O–H groups in total. The molecule has 1 atom stereocenters. The van der Waals surface area contributed by atoms with E-state index in [9.17, 15) is 9.18 Å². The quantitative estimate of drug-likeness (QED) is 0.711. The summed E-state index contributed by atoms with van der Waals surface area (Å²) in [4.78, 5) is 9.47. The molecule has 0 saturated carbocycles. The number of halogens is 2. The van der Waals surface area contributed by atoms with Crippen LogP contribution in [0.1, 0.15) is 6.92 Å². The maximum Gasteiger partial charge on any atom is 0.329 e. The van der Waals surface area contributed by atoms with Crippen molar-refractivity contribution >= 4 is 21.9 Å². The summed E-state index contributed by atoms with van der Waals surface area (Å²) in [6.45, 7) is 1.21. The zero-order valence-corrected chi connectivity index (χ0v) is 7.39. The van der Waals surface area contributed by atoms with Crippen molar-refractivity contribution in [2.24, 2.45) is 0 Å². The van der Waals surface area contributed by atoms with Gasteiger partial charge in [0, 0.05) is 7.11 Å². The SMILES string of the molecule is CC(F)Br.COCC(=O)O. The van der Waals surface area contributed by atoms with E-state index in [1.54, 1.807) is 0 Å².